The van der Waals surface area contributed by atoms with Gasteiger partial charge in [-0.3, -0.25) is 4.79 Å². The Morgan fingerprint density at radius 1 is 1.20 bits per heavy atom. The Morgan fingerprint density at radius 2 is 1.80 bits per heavy atom. The fourth-order valence-corrected chi connectivity index (χ4v) is 1.74. The lowest BCUT2D eigenvalue weighted by Gasteiger charge is -2.12. The maximum atomic E-state index is 11.5. The van der Waals surface area contributed by atoms with Gasteiger partial charge < -0.3 is 27.0 Å². The summed E-state index contributed by atoms with van der Waals surface area (Å²) in [4.78, 5) is 11.5. The first-order chi connectivity index (χ1) is 9.65. The summed E-state index contributed by atoms with van der Waals surface area (Å²) in [6.45, 7) is -0.0549. The molecule has 0 aliphatic rings. The zero-order valence-corrected chi connectivity index (χ0v) is 11.1. The van der Waals surface area contributed by atoms with E-state index in [-0.39, 0.29) is 38.6 Å². The summed E-state index contributed by atoms with van der Waals surface area (Å²) < 4.78 is 0. The molecule has 0 saturated heterocycles. The van der Waals surface area contributed by atoms with Crippen LogP contribution in [0.25, 0.3) is 0 Å². The minimum absolute atomic E-state index is 0.185. The zero-order valence-electron chi connectivity index (χ0n) is 11.1. The molecule has 0 aromatic heterocycles. The van der Waals surface area contributed by atoms with Crippen molar-refractivity contribution >= 4 is 11.6 Å². The van der Waals surface area contributed by atoms with Crippen LogP contribution in [0.5, 0.6) is 0 Å². The van der Waals surface area contributed by atoms with E-state index in [9.17, 15) is 15.0 Å². The molecule has 0 aliphatic carbocycles. The number of anilines is 1. The van der Waals surface area contributed by atoms with Gasteiger partial charge in [-0.25, -0.2) is 0 Å². The number of nitrogens with two attached hydrogens (primary N) is 2. The van der Waals surface area contributed by atoms with Crippen molar-refractivity contribution in [2.24, 2.45) is 11.5 Å². The summed E-state index contributed by atoms with van der Waals surface area (Å²) in [6.07, 6.45) is 0.206. The summed E-state index contributed by atoms with van der Waals surface area (Å²) in [5.41, 5.74) is 12.7. The molecule has 7 N–H and O–H groups in total. The highest BCUT2D eigenvalue weighted by Crippen LogP contribution is 2.21. The van der Waals surface area contributed by atoms with Crippen molar-refractivity contribution in [3.8, 4) is 11.8 Å². The maximum absolute atomic E-state index is 11.5. The maximum Gasteiger partial charge on any atom is 0.225 e. The van der Waals surface area contributed by atoms with Crippen molar-refractivity contribution in [2.45, 2.75) is 19.6 Å². The predicted octanol–water partition coefficient (Wildman–Crippen LogP) is -0.731. The van der Waals surface area contributed by atoms with Crippen LogP contribution in [0, 0.1) is 11.8 Å². The Morgan fingerprint density at radius 3 is 2.25 bits per heavy atom. The molecule has 108 valence electrons. The van der Waals surface area contributed by atoms with Gasteiger partial charge in [0.15, 0.2) is 0 Å². The van der Waals surface area contributed by atoms with E-state index in [1.807, 2.05) is 0 Å². The molecule has 20 heavy (non-hydrogen) atoms. The third kappa shape index (κ3) is 4.33. The molecule has 0 atom stereocenters. The molecule has 0 bridgehead atoms. The Hall–Kier alpha value is -1.91. The van der Waals surface area contributed by atoms with Crippen LogP contribution in [0.2, 0.25) is 0 Å². The van der Waals surface area contributed by atoms with Crippen LogP contribution in [0.15, 0.2) is 12.1 Å². The standard InChI is InChI=1S/C14H19N3O3/c15-4-1-2-13-10(8-18)6-12(7-11(13)9-19)17-14(20)3-5-16/h6-7,18-19H,3-5,8-9,15-16H2,(H,17,20). The highest BCUT2D eigenvalue weighted by molar-refractivity contribution is 5.91. The van der Waals surface area contributed by atoms with E-state index >= 15 is 0 Å². The number of amides is 1. The Bertz CT molecular complexity index is 507. The molecule has 1 aromatic rings. The average molecular weight is 277 g/mol. The number of aliphatic hydroxyl groups excluding tert-OH is 2. The molecule has 1 aromatic carbocycles. The van der Waals surface area contributed by atoms with Crippen LogP contribution in [-0.4, -0.2) is 29.2 Å². The Labute approximate surface area is 117 Å². The fourth-order valence-electron chi connectivity index (χ4n) is 1.74. The van der Waals surface area contributed by atoms with E-state index in [4.69, 9.17) is 11.5 Å². The van der Waals surface area contributed by atoms with Gasteiger partial charge in [0.2, 0.25) is 5.91 Å². The SMILES string of the molecule is NCC#Cc1c(CO)cc(NC(=O)CCN)cc1CO. The third-order valence-corrected chi connectivity index (χ3v) is 2.61. The largest absolute Gasteiger partial charge is 0.392 e. The average Bonchev–Trinajstić information content (AvgIpc) is 2.45. The van der Waals surface area contributed by atoms with Crippen LogP contribution in [0.3, 0.4) is 0 Å². The molecule has 0 spiro atoms. The summed E-state index contributed by atoms with van der Waals surface area (Å²) in [7, 11) is 0. The van der Waals surface area contributed by atoms with Crippen molar-refractivity contribution in [3.63, 3.8) is 0 Å². The molecule has 0 unspecified atom stereocenters. The number of carbonyl (C=O) groups excluding carboxylic acids is 1. The number of rotatable bonds is 5. The monoisotopic (exact) mass is 277 g/mol. The minimum atomic E-state index is -0.248. The second kappa shape index (κ2) is 8.30. The van der Waals surface area contributed by atoms with E-state index in [0.717, 1.165) is 0 Å². The molecular weight excluding hydrogens is 258 g/mol. The fraction of sp³-hybridized carbons (Fsp3) is 0.357. The molecule has 1 rings (SSSR count). The van der Waals surface area contributed by atoms with E-state index in [1.54, 1.807) is 12.1 Å². The van der Waals surface area contributed by atoms with E-state index in [0.29, 0.717) is 22.4 Å². The third-order valence-electron chi connectivity index (χ3n) is 2.61. The van der Waals surface area contributed by atoms with Crippen LogP contribution in [0.4, 0.5) is 5.69 Å². The molecule has 0 radical (unpaired) electrons. The molecular formula is C14H19N3O3. The van der Waals surface area contributed by atoms with Crippen molar-refractivity contribution < 1.29 is 15.0 Å². The highest BCUT2D eigenvalue weighted by Gasteiger charge is 2.10. The summed E-state index contributed by atoms with van der Waals surface area (Å²) in [5, 5.41) is 21.4. The van der Waals surface area contributed by atoms with Gasteiger partial charge in [0, 0.05) is 24.2 Å². The molecule has 1 amide bonds. The molecule has 0 fully saturated rings. The van der Waals surface area contributed by atoms with Crippen molar-refractivity contribution in [3.05, 3.63) is 28.8 Å². The number of nitrogens with one attached hydrogen (secondary N) is 1. The molecule has 0 aliphatic heterocycles. The Balaban J connectivity index is 3.15. The Kier molecular flexibility index (Phi) is 6.70. The van der Waals surface area contributed by atoms with Crippen LogP contribution in [0.1, 0.15) is 23.1 Å². The smallest absolute Gasteiger partial charge is 0.225 e. The first-order valence-electron chi connectivity index (χ1n) is 6.22. The molecule has 6 nitrogen and oxygen atoms in total. The molecule has 0 saturated carbocycles. The minimum Gasteiger partial charge on any atom is -0.392 e. The second-order valence-electron chi connectivity index (χ2n) is 4.08. The van der Waals surface area contributed by atoms with Gasteiger partial charge in [0.05, 0.1) is 19.8 Å². The quantitative estimate of drug-likeness (QED) is 0.454. The first-order valence-corrected chi connectivity index (χ1v) is 6.22. The predicted molar refractivity (Wildman–Crippen MR) is 76.5 cm³/mol. The van der Waals surface area contributed by atoms with E-state index < -0.39 is 0 Å². The number of hydrogen-bond donors (Lipinski definition) is 5. The number of hydrogen-bond acceptors (Lipinski definition) is 5. The van der Waals surface area contributed by atoms with Gasteiger partial charge in [-0.05, 0) is 23.3 Å². The van der Waals surface area contributed by atoms with Gasteiger partial charge in [0.25, 0.3) is 0 Å². The van der Waals surface area contributed by atoms with Gasteiger partial charge >= 0.3 is 0 Å². The highest BCUT2D eigenvalue weighted by atomic mass is 16.3. The van der Waals surface area contributed by atoms with Crippen LogP contribution in [-0.2, 0) is 18.0 Å². The number of benzene rings is 1. The van der Waals surface area contributed by atoms with E-state index in [2.05, 4.69) is 17.2 Å². The number of carbonyl (C=O) groups is 1. The normalized spacial score (nSPS) is 9.80. The zero-order chi connectivity index (χ0) is 15.0. The molecule has 6 heteroatoms. The van der Waals surface area contributed by atoms with Crippen LogP contribution >= 0.6 is 0 Å². The van der Waals surface area contributed by atoms with Crippen molar-refractivity contribution in [1.82, 2.24) is 0 Å². The van der Waals surface area contributed by atoms with Gasteiger partial charge in [-0.2, -0.15) is 0 Å². The van der Waals surface area contributed by atoms with Gasteiger partial charge in [-0.1, -0.05) is 11.8 Å². The molecule has 0 heterocycles. The second-order valence-corrected chi connectivity index (χ2v) is 4.08. The van der Waals surface area contributed by atoms with Crippen molar-refractivity contribution in [2.75, 3.05) is 18.4 Å². The number of aliphatic hydroxyl groups is 2. The van der Waals surface area contributed by atoms with E-state index in [1.165, 1.54) is 0 Å². The summed E-state index contributed by atoms with van der Waals surface area (Å²) >= 11 is 0. The first kappa shape index (κ1) is 16.1. The lowest BCUT2D eigenvalue weighted by Crippen LogP contribution is -2.16. The lowest BCUT2D eigenvalue weighted by atomic mass is 10.0. The topological polar surface area (TPSA) is 122 Å². The van der Waals surface area contributed by atoms with Crippen molar-refractivity contribution in [1.29, 1.82) is 0 Å². The van der Waals surface area contributed by atoms with Gasteiger partial charge in [0.1, 0.15) is 0 Å². The van der Waals surface area contributed by atoms with Crippen LogP contribution < -0.4 is 16.8 Å². The van der Waals surface area contributed by atoms with Gasteiger partial charge in [-0.15, -0.1) is 0 Å². The summed E-state index contributed by atoms with van der Waals surface area (Å²) in [5.74, 6) is 5.29. The lowest BCUT2D eigenvalue weighted by molar-refractivity contribution is -0.116. The summed E-state index contributed by atoms with van der Waals surface area (Å²) in [6, 6.07) is 3.24.